The minimum atomic E-state index is -0.753. The lowest BCUT2D eigenvalue weighted by Gasteiger charge is -2.36. The van der Waals surface area contributed by atoms with Gasteiger partial charge in [-0.05, 0) is 42.2 Å². The number of carboxylic acid groups (broad SMARTS) is 1. The molecule has 0 unspecified atom stereocenters. The molecule has 1 saturated heterocycles. The monoisotopic (exact) mass is 410 g/mol. The van der Waals surface area contributed by atoms with Crippen molar-refractivity contribution in [1.82, 2.24) is 20.0 Å². The lowest BCUT2D eigenvalue weighted by atomic mass is 10.0. The fourth-order valence-corrected chi connectivity index (χ4v) is 3.48. The van der Waals surface area contributed by atoms with E-state index >= 15 is 0 Å². The first-order valence-corrected chi connectivity index (χ1v) is 9.92. The van der Waals surface area contributed by atoms with Crippen molar-refractivity contribution in [3.05, 3.63) is 53.6 Å². The highest BCUT2D eigenvalue weighted by molar-refractivity contribution is 5.71. The second kappa shape index (κ2) is 8.31. The first kappa shape index (κ1) is 20.2. The molecule has 0 spiro atoms. The summed E-state index contributed by atoms with van der Waals surface area (Å²) in [6.07, 6.45) is 2.33. The molecule has 4 rings (SSSR count). The van der Waals surface area contributed by atoms with Crippen LogP contribution in [0.25, 0.3) is 22.8 Å². The van der Waals surface area contributed by atoms with Gasteiger partial charge in [-0.1, -0.05) is 25.1 Å². The number of hydrogen-bond acceptors (Lipinski definition) is 6. The van der Waals surface area contributed by atoms with Crippen molar-refractivity contribution in [2.75, 3.05) is 13.1 Å². The van der Waals surface area contributed by atoms with Crippen LogP contribution in [0.1, 0.15) is 25.1 Å². The Morgan fingerprint density at radius 1 is 1.27 bits per heavy atom. The average molecular weight is 410 g/mol. The highest BCUT2D eigenvalue weighted by Gasteiger charge is 2.32. The van der Waals surface area contributed by atoms with Crippen molar-refractivity contribution >= 4 is 5.97 Å². The highest BCUT2D eigenvalue weighted by atomic mass is 19.1. The van der Waals surface area contributed by atoms with Gasteiger partial charge in [-0.2, -0.15) is 4.98 Å². The summed E-state index contributed by atoms with van der Waals surface area (Å²) < 4.78 is 19.7. The van der Waals surface area contributed by atoms with Crippen LogP contribution in [0.2, 0.25) is 0 Å². The summed E-state index contributed by atoms with van der Waals surface area (Å²) >= 11 is 0. The van der Waals surface area contributed by atoms with Gasteiger partial charge in [0.2, 0.25) is 5.82 Å². The van der Waals surface area contributed by atoms with Crippen molar-refractivity contribution in [3.63, 3.8) is 0 Å². The van der Waals surface area contributed by atoms with Crippen LogP contribution in [0, 0.1) is 17.7 Å². The maximum absolute atomic E-state index is 14.3. The second-order valence-electron chi connectivity index (χ2n) is 8.09. The summed E-state index contributed by atoms with van der Waals surface area (Å²) in [5, 5.41) is 12.9. The SMILES string of the molecule is CC(C)Cc1ccc(-c2nc(-c3ccc(CN4CC(C(=O)O)C4)nc3)no2)cc1F. The lowest BCUT2D eigenvalue weighted by molar-refractivity contribution is -0.147. The number of pyridine rings is 1. The van der Waals surface area contributed by atoms with Gasteiger partial charge in [0, 0.05) is 37.0 Å². The molecular formula is C22H23FN4O3. The summed E-state index contributed by atoms with van der Waals surface area (Å²) in [6.45, 7) is 5.78. The molecule has 0 saturated carbocycles. The summed E-state index contributed by atoms with van der Waals surface area (Å²) in [5.74, 6) is -0.309. The molecule has 0 amide bonds. The van der Waals surface area contributed by atoms with Crippen molar-refractivity contribution < 1.29 is 18.8 Å². The molecule has 30 heavy (non-hydrogen) atoms. The van der Waals surface area contributed by atoms with E-state index in [1.807, 2.05) is 30.9 Å². The Morgan fingerprint density at radius 2 is 2.03 bits per heavy atom. The molecule has 0 bridgehead atoms. The van der Waals surface area contributed by atoms with Crippen molar-refractivity contribution in [3.8, 4) is 22.8 Å². The van der Waals surface area contributed by atoms with Crippen LogP contribution in [0.5, 0.6) is 0 Å². The number of aliphatic carboxylic acids is 1. The number of hydrogen-bond donors (Lipinski definition) is 1. The number of rotatable bonds is 7. The van der Waals surface area contributed by atoms with Crippen molar-refractivity contribution in [2.45, 2.75) is 26.8 Å². The fraction of sp³-hybridized carbons (Fsp3) is 0.364. The topological polar surface area (TPSA) is 92.4 Å². The Kier molecular flexibility index (Phi) is 5.59. The van der Waals surface area contributed by atoms with Crippen LogP contribution in [-0.2, 0) is 17.8 Å². The molecule has 8 heteroatoms. The van der Waals surface area contributed by atoms with Crippen LogP contribution in [0.4, 0.5) is 4.39 Å². The summed E-state index contributed by atoms with van der Waals surface area (Å²) in [5.41, 5.74) is 2.74. The lowest BCUT2D eigenvalue weighted by Crippen LogP contribution is -2.49. The molecule has 0 aliphatic carbocycles. The number of aromatic nitrogens is 3. The predicted octanol–water partition coefficient (Wildman–Crippen LogP) is 3.65. The van der Waals surface area contributed by atoms with Gasteiger partial charge in [0.25, 0.3) is 5.89 Å². The summed E-state index contributed by atoms with van der Waals surface area (Å²) in [6, 6.07) is 8.68. The second-order valence-corrected chi connectivity index (χ2v) is 8.09. The number of nitrogens with zero attached hydrogens (tertiary/aromatic N) is 4. The van der Waals surface area contributed by atoms with E-state index in [2.05, 4.69) is 15.1 Å². The predicted molar refractivity (Wildman–Crippen MR) is 108 cm³/mol. The van der Waals surface area contributed by atoms with Crippen LogP contribution < -0.4 is 0 Å². The van der Waals surface area contributed by atoms with Crippen molar-refractivity contribution in [1.29, 1.82) is 0 Å². The minimum Gasteiger partial charge on any atom is -0.481 e. The molecule has 1 fully saturated rings. The Morgan fingerprint density at radius 3 is 2.67 bits per heavy atom. The molecule has 156 valence electrons. The third kappa shape index (κ3) is 4.38. The third-order valence-corrected chi connectivity index (χ3v) is 5.13. The Labute approximate surface area is 173 Å². The number of likely N-dealkylation sites (tertiary alicyclic amines) is 1. The van der Waals surface area contributed by atoms with E-state index in [-0.39, 0.29) is 17.6 Å². The highest BCUT2D eigenvalue weighted by Crippen LogP contribution is 2.25. The number of halogens is 1. The first-order chi connectivity index (χ1) is 14.4. The average Bonchev–Trinajstić information content (AvgIpc) is 3.16. The fourth-order valence-electron chi connectivity index (χ4n) is 3.48. The van der Waals surface area contributed by atoms with Crippen LogP contribution in [-0.4, -0.2) is 44.2 Å². The zero-order valence-electron chi connectivity index (χ0n) is 16.9. The molecule has 1 aliphatic rings. The van der Waals surface area contributed by atoms with E-state index < -0.39 is 5.97 Å². The Bertz CT molecular complexity index is 1040. The Balaban J connectivity index is 1.43. The summed E-state index contributed by atoms with van der Waals surface area (Å²) in [7, 11) is 0. The standard InChI is InChI=1S/C22H23FN4O3/c1-13(2)7-14-3-4-15(8-19(14)23)21-25-20(26-30-21)16-5-6-18(24-9-16)12-27-10-17(11-27)22(28)29/h3-6,8-9,13,17H,7,10-12H2,1-2H3,(H,28,29). The van der Waals surface area contributed by atoms with E-state index in [0.717, 1.165) is 5.69 Å². The van der Waals surface area contributed by atoms with Gasteiger partial charge in [0.15, 0.2) is 0 Å². The van der Waals surface area contributed by atoms with E-state index in [9.17, 15) is 9.18 Å². The van der Waals surface area contributed by atoms with Crippen LogP contribution >= 0.6 is 0 Å². The van der Waals surface area contributed by atoms with Gasteiger partial charge in [-0.15, -0.1) is 0 Å². The maximum Gasteiger partial charge on any atom is 0.309 e. The first-order valence-electron chi connectivity index (χ1n) is 9.92. The minimum absolute atomic E-state index is 0.254. The molecule has 1 N–H and O–H groups in total. The maximum atomic E-state index is 14.3. The van der Waals surface area contributed by atoms with Crippen LogP contribution in [0.3, 0.4) is 0 Å². The molecule has 0 radical (unpaired) electrons. The Hall–Kier alpha value is -3.13. The van der Waals surface area contributed by atoms with E-state index in [1.165, 1.54) is 6.07 Å². The largest absolute Gasteiger partial charge is 0.481 e. The van der Waals surface area contributed by atoms with E-state index in [1.54, 1.807) is 18.3 Å². The van der Waals surface area contributed by atoms with Gasteiger partial charge < -0.3 is 9.63 Å². The number of benzene rings is 1. The zero-order valence-corrected chi connectivity index (χ0v) is 16.9. The molecule has 3 heterocycles. The number of carbonyl (C=O) groups is 1. The molecule has 3 aromatic rings. The number of carboxylic acids is 1. The van der Waals surface area contributed by atoms with Gasteiger partial charge >= 0.3 is 5.97 Å². The van der Waals surface area contributed by atoms with Gasteiger partial charge in [0.05, 0.1) is 11.6 Å². The normalized spacial score (nSPS) is 14.8. The zero-order chi connectivity index (χ0) is 21.3. The van der Waals surface area contributed by atoms with E-state index in [0.29, 0.717) is 54.5 Å². The molecular weight excluding hydrogens is 387 g/mol. The van der Waals surface area contributed by atoms with Crippen LogP contribution in [0.15, 0.2) is 41.1 Å². The van der Waals surface area contributed by atoms with Gasteiger partial charge in [0.1, 0.15) is 5.82 Å². The van der Waals surface area contributed by atoms with Gasteiger partial charge in [-0.25, -0.2) is 4.39 Å². The van der Waals surface area contributed by atoms with E-state index in [4.69, 9.17) is 9.63 Å². The van der Waals surface area contributed by atoms with Gasteiger partial charge in [-0.3, -0.25) is 14.7 Å². The molecule has 0 atom stereocenters. The summed E-state index contributed by atoms with van der Waals surface area (Å²) in [4.78, 5) is 21.7. The third-order valence-electron chi connectivity index (χ3n) is 5.13. The molecule has 7 nitrogen and oxygen atoms in total. The quantitative estimate of drug-likeness (QED) is 0.635. The molecule has 2 aromatic heterocycles. The molecule has 1 aliphatic heterocycles. The smallest absolute Gasteiger partial charge is 0.309 e. The molecule has 1 aromatic carbocycles. The van der Waals surface area contributed by atoms with Crippen molar-refractivity contribution in [2.24, 2.45) is 11.8 Å².